The SMILES string of the molecule is COc1ccccc1NC(=O)c1ccccc1Nc1cccc(C)c1C. The number of hydrogen-bond acceptors (Lipinski definition) is 3. The summed E-state index contributed by atoms with van der Waals surface area (Å²) in [5.74, 6) is 0.434. The second-order valence-corrected chi connectivity index (χ2v) is 6.07. The predicted octanol–water partition coefficient (Wildman–Crippen LogP) is 5.31. The Hall–Kier alpha value is -3.27. The predicted molar refractivity (Wildman–Crippen MR) is 107 cm³/mol. The fourth-order valence-corrected chi connectivity index (χ4v) is 2.76. The van der Waals surface area contributed by atoms with Crippen molar-refractivity contribution in [2.75, 3.05) is 17.7 Å². The van der Waals surface area contributed by atoms with E-state index in [9.17, 15) is 4.79 Å². The number of methoxy groups -OCH3 is 1. The maximum atomic E-state index is 12.8. The standard InChI is InChI=1S/C22H22N2O2/c1-15-9-8-13-18(16(15)2)23-19-11-5-4-10-17(19)22(25)24-20-12-6-7-14-21(20)26-3/h4-14,23H,1-3H3,(H,24,25). The molecule has 1 amide bonds. The van der Waals surface area contributed by atoms with Crippen LogP contribution in [0.3, 0.4) is 0 Å². The van der Waals surface area contributed by atoms with Crippen LogP contribution in [-0.2, 0) is 0 Å². The van der Waals surface area contributed by atoms with Crippen LogP contribution < -0.4 is 15.4 Å². The first kappa shape index (κ1) is 17.5. The van der Waals surface area contributed by atoms with E-state index in [0.717, 1.165) is 16.9 Å². The van der Waals surface area contributed by atoms with Crippen LogP contribution in [0.1, 0.15) is 21.5 Å². The van der Waals surface area contributed by atoms with Gasteiger partial charge in [-0.1, -0.05) is 36.4 Å². The van der Waals surface area contributed by atoms with Crippen molar-refractivity contribution in [1.29, 1.82) is 0 Å². The molecule has 0 unspecified atom stereocenters. The van der Waals surface area contributed by atoms with Crippen molar-refractivity contribution in [1.82, 2.24) is 0 Å². The molecule has 3 aromatic carbocycles. The Balaban J connectivity index is 1.89. The number of anilines is 3. The molecule has 4 heteroatoms. The smallest absolute Gasteiger partial charge is 0.257 e. The number of nitrogens with one attached hydrogen (secondary N) is 2. The van der Waals surface area contributed by atoms with Gasteiger partial charge in [0, 0.05) is 5.69 Å². The number of amides is 1. The topological polar surface area (TPSA) is 50.4 Å². The zero-order valence-electron chi connectivity index (χ0n) is 15.2. The Morgan fingerprint density at radius 3 is 2.23 bits per heavy atom. The molecule has 0 heterocycles. The lowest BCUT2D eigenvalue weighted by atomic mass is 10.1. The molecule has 3 rings (SSSR count). The van der Waals surface area contributed by atoms with Crippen LogP contribution >= 0.6 is 0 Å². The van der Waals surface area contributed by atoms with Crippen molar-refractivity contribution in [3.63, 3.8) is 0 Å². The number of rotatable bonds is 5. The fourth-order valence-electron chi connectivity index (χ4n) is 2.76. The van der Waals surface area contributed by atoms with Gasteiger partial charge in [0.25, 0.3) is 5.91 Å². The lowest BCUT2D eigenvalue weighted by molar-refractivity contribution is 0.102. The third-order valence-electron chi connectivity index (χ3n) is 4.40. The number of carbonyl (C=O) groups excluding carboxylic acids is 1. The molecular formula is C22H22N2O2. The van der Waals surface area contributed by atoms with E-state index in [1.54, 1.807) is 13.2 Å². The maximum absolute atomic E-state index is 12.8. The largest absolute Gasteiger partial charge is 0.495 e. The van der Waals surface area contributed by atoms with Gasteiger partial charge in [-0.05, 0) is 55.3 Å². The van der Waals surface area contributed by atoms with Crippen LogP contribution in [0.4, 0.5) is 17.1 Å². The monoisotopic (exact) mass is 346 g/mol. The quantitative estimate of drug-likeness (QED) is 0.658. The van der Waals surface area contributed by atoms with E-state index >= 15 is 0 Å². The molecule has 0 saturated carbocycles. The summed E-state index contributed by atoms with van der Waals surface area (Å²) in [7, 11) is 1.58. The number of aryl methyl sites for hydroxylation is 1. The summed E-state index contributed by atoms with van der Waals surface area (Å²) >= 11 is 0. The number of carbonyl (C=O) groups is 1. The summed E-state index contributed by atoms with van der Waals surface area (Å²) in [6.07, 6.45) is 0. The van der Waals surface area contributed by atoms with Gasteiger partial charge in [-0.3, -0.25) is 4.79 Å². The van der Waals surface area contributed by atoms with Gasteiger partial charge in [0.2, 0.25) is 0 Å². The second kappa shape index (κ2) is 7.74. The number of hydrogen-bond donors (Lipinski definition) is 2. The van der Waals surface area contributed by atoms with Crippen LogP contribution in [0.2, 0.25) is 0 Å². The Labute approximate surface area is 153 Å². The average Bonchev–Trinajstić information content (AvgIpc) is 2.66. The molecule has 0 aliphatic rings. The third kappa shape index (κ3) is 3.70. The van der Waals surface area contributed by atoms with Crippen molar-refractivity contribution in [3.8, 4) is 5.75 Å². The number of ether oxygens (including phenoxy) is 1. The molecule has 0 aliphatic heterocycles. The van der Waals surface area contributed by atoms with Gasteiger partial charge in [-0.25, -0.2) is 0 Å². The van der Waals surface area contributed by atoms with Gasteiger partial charge in [-0.2, -0.15) is 0 Å². The number of benzene rings is 3. The Morgan fingerprint density at radius 1 is 0.808 bits per heavy atom. The van der Waals surface area contributed by atoms with Gasteiger partial charge >= 0.3 is 0 Å². The van der Waals surface area contributed by atoms with Crippen LogP contribution in [0, 0.1) is 13.8 Å². The maximum Gasteiger partial charge on any atom is 0.257 e. The van der Waals surface area contributed by atoms with Gasteiger partial charge in [0.05, 0.1) is 24.0 Å². The minimum absolute atomic E-state index is 0.192. The molecule has 26 heavy (non-hydrogen) atoms. The molecular weight excluding hydrogens is 324 g/mol. The summed E-state index contributed by atoms with van der Waals surface area (Å²) < 4.78 is 5.31. The first-order valence-corrected chi connectivity index (χ1v) is 8.47. The number of para-hydroxylation sites is 3. The summed E-state index contributed by atoms with van der Waals surface area (Å²) in [5.41, 5.74) is 5.32. The van der Waals surface area contributed by atoms with E-state index in [4.69, 9.17) is 4.74 Å². The van der Waals surface area contributed by atoms with Gasteiger partial charge < -0.3 is 15.4 Å². The highest BCUT2D eigenvalue weighted by Crippen LogP contribution is 2.28. The molecule has 3 aromatic rings. The van der Waals surface area contributed by atoms with Crippen LogP contribution in [0.5, 0.6) is 5.75 Å². The molecule has 0 atom stereocenters. The highest BCUT2D eigenvalue weighted by Gasteiger charge is 2.14. The zero-order chi connectivity index (χ0) is 18.5. The van der Waals surface area contributed by atoms with E-state index in [1.807, 2.05) is 54.6 Å². The van der Waals surface area contributed by atoms with E-state index < -0.39 is 0 Å². The van der Waals surface area contributed by atoms with E-state index in [2.05, 4.69) is 30.5 Å². The molecule has 0 aliphatic carbocycles. The Morgan fingerprint density at radius 2 is 1.46 bits per heavy atom. The van der Waals surface area contributed by atoms with Gasteiger partial charge in [0.1, 0.15) is 5.75 Å². The molecule has 0 aromatic heterocycles. The van der Waals surface area contributed by atoms with Crippen LogP contribution in [0.25, 0.3) is 0 Å². The zero-order valence-corrected chi connectivity index (χ0v) is 15.2. The molecule has 0 bridgehead atoms. The molecule has 0 radical (unpaired) electrons. The molecule has 2 N–H and O–H groups in total. The van der Waals surface area contributed by atoms with E-state index in [-0.39, 0.29) is 5.91 Å². The van der Waals surface area contributed by atoms with Gasteiger partial charge in [0.15, 0.2) is 0 Å². The first-order valence-electron chi connectivity index (χ1n) is 8.47. The second-order valence-electron chi connectivity index (χ2n) is 6.07. The van der Waals surface area contributed by atoms with Crippen molar-refractivity contribution in [2.24, 2.45) is 0 Å². The van der Waals surface area contributed by atoms with Gasteiger partial charge in [-0.15, -0.1) is 0 Å². The lowest BCUT2D eigenvalue weighted by Crippen LogP contribution is -2.14. The minimum atomic E-state index is -0.192. The molecule has 132 valence electrons. The first-order chi connectivity index (χ1) is 12.6. The molecule has 0 saturated heterocycles. The van der Waals surface area contributed by atoms with Crippen LogP contribution in [0.15, 0.2) is 66.7 Å². The van der Waals surface area contributed by atoms with E-state index in [1.165, 1.54) is 5.56 Å². The summed E-state index contributed by atoms with van der Waals surface area (Å²) in [5, 5.41) is 6.31. The van der Waals surface area contributed by atoms with Crippen molar-refractivity contribution in [3.05, 3.63) is 83.4 Å². The summed E-state index contributed by atoms with van der Waals surface area (Å²) in [4.78, 5) is 12.8. The van der Waals surface area contributed by atoms with Crippen LogP contribution in [-0.4, -0.2) is 13.0 Å². The normalized spacial score (nSPS) is 10.3. The lowest BCUT2D eigenvalue weighted by Gasteiger charge is -2.15. The summed E-state index contributed by atoms with van der Waals surface area (Å²) in [6, 6.07) is 20.9. The van der Waals surface area contributed by atoms with Crippen molar-refractivity contribution in [2.45, 2.75) is 13.8 Å². The minimum Gasteiger partial charge on any atom is -0.495 e. The van der Waals surface area contributed by atoms with Crippen molar-refractivity contribution >= 4 is 23.0 Å². The average molecular weight is 346 g/mol. The highest BCUT2D eigenvalue weighted by molar-refractivity contribution is 6.09. The molecule has 0 fully saturated rings. The fraction of sp³-hybridized carbons (Fsp3) is 0.136. The molecule has 0 spiro atoms. The third-order valence-corrected chi connectivity index (χ3v) is 4.40. The van der Waals surface area contributed by atoms with E-state index in [0.29, 0.717) is 17.0 Å². The molecule has 4 nitrogen and oxygen atoms in total. The summed E-state index contributed by atoms with van der Waals surface area (Å²) in [6.45, 7) is 4.13. The van der Waals surface area contributed by atoms with Crippen molar-refractivity contribution < 1.29 is 9.53 Å². The highest BCUT2D eigenvalue weighted by atomic mass is 16.5. The Kier molecular flexibility index (Phi) is 5.23. The Bertz CT molecular complexity index is 935.